The van der Waals surface area contributed by atoms with Gasteiger partial charge in [0, 0.05) is 30.9 Å². The Balaban J connectivity index is 2.45. The van der Waals surface area contributed by atoms with Crippen molar-refractivity contribution >= 4 is 13.9 Å². The number of hydrogen-bond acceptors (Lipinski definition) is 5. The van der Waals surface area contributed by atoms with Crippen molar-refractivity contribution in [3.8, 4) is 17.2 Å². The number of methoxy groups -OCH3 is 3. The molecule has 0 aliphatic rings. The minimum atomic E-state index is 0.172. The third-order valence-electron chi connectivity index (χ3n) is 4.33. The van der Waals surface area contributed by atoms with Crippen LogP contribution in [0.4, 0.5) is 0 Å². The van der Waals surface area contributed by atoms with E-state index in [-0.39, 0.29) is 6.79 Å². The monoisotopic (exact) mass is 391 g/mol. The number of benzene rings is 2. The van der Waals surface area contributed by atoms with E-state index >= 15 is 0 Å². The van der Waals surface area contributed by atoms with Crippen LogP contribution in [0.3, 0.4) is 0 Å². The highest BCUT2D eigenvalue weighted by Crippen LogP contribution is 2.47. The molecule has 0 heterocycles. The van der Waals surface area contributed by atoms with E-state index in [9.17, 15) is 0 Å². The molecular weight excluding hydrogens is 361 g/mol. The van der Waals surface area contributed by atoms with E-state index in [4.69, 9.17) is 18.9 Å². The molecule has 0 saturated carbocycles. The van der Waals surface area contributed by atoms with Crippen molar-refractivity contribution in [1.29, 1.82) is 0 Å². The highest BCUT2D eigenvalue weighted by atomic mass is 31.1. The molecule has 2 aromatic rings. The topological polar surface area (TPSA) is 49.0 Å². The molecule has 0 saturated heterocycles. The molecule has 148 valence electrons. The second-order valence-electron chi connectivity index (χ2n) is 6.09. The first-order valence-electron chi connectivity index (χ1n) is 9.05. The number of nitrogens with one attached hydrogen (secondary N) is 1. The van der Waals surface area contributed by atoms with Gasteiger partial charge in [0.15, 0.2) is 18.3 Å². The minimum Gasteiger partial charge on any atom is -0.497 e. The molecule has 0 aliphatic carbocycles. The molecule has 0 amide bonds. The summed E-state index contributed by atoms with van der Waals surface area (Å²) in [4.78, 5) is 0. The predicted molar refractivity (Wildman–Crippen MR) is 112 cm³/mol. The molecule has 2 rings (SSSR count). The lowest BCUT2D eigenvalue weighted by molar-refractivity contribution is 0.0483. The van der Waals surface area contributed by atoms with Gasteiger partial charge < -0.3 is 24.3 Å². The first-order valence-corrected chi connectivity index (χ1v) is 10.1. The minimum absolute atomic E-state index is 0.172. The highest BCUT2D eigenvalue weighted by molar-refractivity contribution is 7.47. The fourth-order valence-corrected chi connectivity index (χ4v) is 4.49. The van der Waals surface area contributed by atoms with Crippen molar-refractivity contribution in [1.82, 2.24) is 5.32 Å². The zero-order valence-electron chi connectivity index (χ0n) is 16.8. The molecule has 5 nitrogen and oxygen atoms in total. The van der Waals surface area contributed by atoms with Gasteiger partial charge in [0.1, 0.15) is 5.75 Å². The van der Waals surface area contributed by atoms with Crippen molar-refractivity contribution in [3.05, 3.63) is 47.5 Å². The molecule has 6 heteroatoms. The van der Waals surface area contributed by atoms with Gasteiger partial charge in [-0.2, -0.15) is 0 Å². The zero-order valence-corrected chi connectivity index (χ0v) is 17.8. The smallest absolute Gasteiger partial charge is 0.188 e. The van der Waals surface area contributed by atoms with E-state index in [1.165, 1.54) is 10.9 Å². The quantitative estimate of drug-likeness (QED) is 0.466. The summed E-state index contributed by atoms with van der Waals surface area (Å²) in [5, 5.41) is 4.61. The van der Waals surface area contributed by atoms with Gasteiger partial charge in [0.2, 0.25) is 0 Å². The molecule has 0 aliphatic heterocycles. The molecule has 2 atom stereocenters. The van der Waals surface area contributed by atoms with Crippen LogP contribution in [0.2, 0.25) is 0 Å². The maximum Gasteiger partial charge on any atom is 0.188 e. The maximum atomic E-state index is 5.90. The molecule has 2 aromatic carbocycles. The number of rotatable bonds is 11. The normalized spacial score (nSPS) is 12.3. The molecule has 0 radical (unpaired) electrons. The van der Waals surface area contributed by atoms with Gasteiger partial charge >= 0.3 is 0 Å². The maximum absolute atomic E-state index is 5.90. The van der Waals surface area contributed by atoms with Gasteiger partial charge in [-0.25, -0.2) is 0 Å². The van der Waals surface area contributed by atoms with Crippen LogP contribution < -0.4 is 24.8 Å². The third-order valence-corrected chi connectivity index (χ3v) is 6.20. The van der Waals surface area contributed by atoms with Crippen LogP contribution >= 0.6 is 8.58 Å². The van der Waals surface area contributed by atoms with Crippen LogP contribution in [0.15, 0.2) is 36.4 Å². The second kappa shape index (κ2) is 11.1. The largest absolute Gasteiger partial charge is 0.497 e. The van der Waals surface area contributed by atoms with E-state index in [0.717, 1.165) is 30.0 Å². The van der Waals surface area contributed by atoms with Crippen LogP contribution in [0.5, 0.6) is 17.2 Å². The van der Waals surface area contributed by atoms with Gasteiger partial charge in [-0.15, -0.1) is 0 Å². The van der Waals surface area contributed by atoms with Crippen LogP contribution in [-0.4, -0.2) is 35.2 Å². The first kappa shape index (κ1) is 21.5. The Morgan fingerprint density at radius 3 is 2.48 bits per heavy atom. The first-order chi connectivity index (χ1) is 13.2. The van der Waals surface area contributed by atoms with Crippen molar-refractivity contribution < 1.29 is 18.9 Å². The van der Waals surface area contributed by atoms with Crippen molar-refractivity contribution in [3.63, 3.8) is 0 Å². The van der Waals surface area contributed by atoms with Crippen LogP contribution in [-0.2, 0) is 11.3 Å². The Bertz CT molecular complexity index is 723. The summed E-state index contributed by atoms with van der Waals surface area (Å²) in [7, 11) is 7.50. The molecule has 0 aromatic heterocycles. The third kappa shape index (κ3) is 5.58. The Morgan fingerprint density at radius 1 is 1.07 bits per heavy atom. The van der Waals surface area contributed by atoms with E-state index in [2.05, 4.69) is 42.6 Å². The lowest BCUT2D eigenvalue weighted by Crippen LogP contribution is -2.14. The standard InChI is InChI=1S/C21H30NO4P/c1-6-19(27-20-10-8-7-9-15(20)13-22-2)17-11-16(24-4)12-18(25-5)21(17)26-14-23-3/h7-12,19,22,27H,6,13-14H2,1-5H3. The highest BCUT2D eigenvalue weighted by Gasteiger charge is 2.22. The number of ether oxygens (including phenoxy) is 4. The van der Waals surface area contributed by atoms with Gasteiger partial charge in [-0.05, 0) is 30.4 Å². The average molecular weight is 391 g/mol. The van der Waals surface area contributed by atoms with Gasteiger partial charge in [-0.1, -0.05) is 39.8 Å². The molecule has 0 fully saturated rings. The summed E-state index contributed by atoms with van der Waals surface area (Å²) in [6.07, 6.45) is 0.978. The van der Waals surface area contributed by atoms with Gasteiger partial charge in [-0.3, -0.25) is 0 Å². The van der Waals surface area contributed by atoms with Crippen LogP contribution in [0, 0.1) is 0 Å². The Labute approximate surface area is 164 Å². The molecule has 2 unspecified atom stereocenters. The molecule has 0 bridgehead atoms. The zero-order chi connectivity index (χ0) is 19.6. The predicted octanol–water partition coefficient (Wildman–Crippen LogP) is 3.86. The molecule has 27 heavy (non-hydrogen) atoms. The summed E-state index contributed by atoms with van der Waals surface area (Å²) in [5.41, 5.74) is 2.70. The number of hydrogen-bond donors (Lipinski definition) is 1. The summed E-state index contributed by atoms with van der Waals surface area (Å²) in [6.45, 7) is 3.23. The van der Waals surface area contributed by atoms with E-state index in [0.29, 0.717) is 20.0 Å². The van der Waals surface area contributed by atoms with Gasteiger partial charge in [0.25, 0.3) is 0 Å². The van der Waals surface area contributed by atoms with E-state index < -0.39 is 0 Å². The van der Waals surface area contributed by atoms with Crippen LogP contribution in [0.1, 0.15) is 30.1 Å². The SMILES string of the molecule is CCC(Pc1ccccc1CNC)c1cc(OC)cc(OC)c1OCOC. The lowest BCUT2D eigenvalue weighted by atomic mass is 10.1. The van der Waals surface area contributed by atoms with Crippen LogP contribution in [0.25, 0.3) is 0 Å². The summed E-state index contributed by atoms with van der Waals surface area (Å²) < 4.78 is 22.1. The van der Waals surface area contributed by atoms with Crippen molar-refractivity contribution in [2.75, 3.05) is 35.2 Å². The summed E-state index contributed by atoms with van der Waals surface area (Å²) >= 11 is 0. The fourth-order valence-electron chi connectivity index (χ4n) is 2.99. The summed E-state index contributed by atoms with van der Waals surface area (Å²) in [6, 6.07) is 12.5. The molecule has 0 spiro atoms. The van der Waals surface area contributed by atoms with E-state index in [1.54, 1.807) is 21.3 Å². The lowest BCUT2D eigenvalue weighted by Gasteiger charge is -2.23. The molecule has 1 N–H and O–H groups in total. The summed E-state index contributed by atoms with van der Waals surface area (Å²) in [5.74, 6) is 2.15. The van der Waals surface area contributed by atoms with Crippen molar-refractivity contribution in [2.45, 2.75) is 25.5 Å². The Kier molecular flexibility index (Phi) is 8.86. The second-order valence-corrected chi connectivity index (χ2v) is 7.62. The Hall–Kier alpha value is -1.81. The Morgan fingerprint density at radius 2 is 1.85 bits per heavy atom. The van der Waals surface area contributed by atoms with E-state index in [1.807, 2.05) is 13.1 Å². The molecular formula is C21H30NO4P. The van der Waals surface area contributed by atoms with Gasteiger partial charge in [0.05, 0.1) is 14.2 Å². The average Bonchev–Trinajstić information content (AvgIpc) is 2.71. The van der Waals surface area contributed by atoms with Crippen molar-refractivity contribution in [2.24, 2.45) is 0 Å². The fraction of sp³-hybridized carbons (Fsp3) is 0.429.